The number of carbonyl (C=O) groups is 1. The average molecular weight is 353 g/mol. The van der Waals surface area contributed by atoms with Crippen molar-refractivity contribution in [2.45, 2.75) is 13.3 Å². The minimum Gasteiger partial charge on any atom is -0.324 e. The van der Waals surface area contributed by atoms with E-state index >= 15 is 0 Å². The zero-order valence-corrected chi connectivity index (χ0v) is 14.4. The number of carbonyl (C=O) groups excluding carboxylic acids is 1. The van der Waals surface area contributed by atoms with Crippen LogP contribution in [0.25, 0.3) is 0 Å². The summed E-state index contributed by atoms with van der Waals surface area (Å²) >= 11 is 6.04. The van der Waals surface area contributed by atoms with E-state index in [0.717, 1.165) is 12.1 Å². The fraction of sp³-hybridized carbons (Fsp3) is 0.105. The second-order valence-electron chi connectivity index (χ2n) is 5.37. The molecule has 3 rings (SSSR count). The highest BCUT2D eigenvalue weighted by Gasteiger charge is 2.10. The molecule has 2 aromatic carbocycles. The number of halogens is 1. The average Bonchev–Trinajstić information content (AvgIpc) is 2.64. The predicted octanol–water partition coefficient (Wildman–Crippen LogP) is 4.69. The molecule has 0 fully saturated rings. The Kier molecular flexibility index (Phi) is 5.26. The molecule has 0 spiro atoms. The Morgan fingerprint density at radius 2 is 1.64 bits per heavy atom. The van der Waals surface area contributed by atoms with Gasteiger partial charge in [0, 0.05) is 18.1 Å². The van der Waals surface area contributed by atoms with Crippen molar-refractivity contribution in [3.63, 3.8) is 0 Å². The summed E-state index contributed by atoms with van der Waals surface area (Å²) in [6.07, 6.45) is 3.87. The summed E-state index contributed by atoms with van der Waals surface area (Å²) in [5.74, 6) is 0.129. The number of nitrogens with one attached hydrogen (secondary N) is 2. The number of aryl methyl sites for hydroxylation is 1. The molecule has 0 saturated carbocycles. The topological polar surface area (TPSA) is 66.9 Å². The fourth-order valence-electron chi connectivity index (χ4n) is 2.34. The molecule has 1 aromatic heterocycles. The standard InChI is InChI=1S/C19H17ClN4O/c1-2-13-7-3-5-9-16(13)24-19-21-11-14(12-22-19)18(25)23-17-10-6-4-8-15(17)20/h3-12H,2H2,1H3,(H,23,25)(H,21,22,24). The van der Waals surface area contributed by atoms with Crippen molar-refractivity contribution in [2.75, 3.05) is 10.6 Å². The zero-order valence-electron chi connectivity index (χ0n) is 13.7. The van der Waals surface area contributed by atoms with Gasteiger partial charge in [-0.3, -0.25) is 4.79 Å². The number of rotatable bonds is 5. The van der Waals surface area contributed by atoms with Crippen LogP contribution in [0.2, 0.25) is 5.02 Å². The normalized spacial score (nSPS) is 10.3. The van der Waals surface area contributed by atoms with E-state index in [0.29, 0.717) is 22.2 Å². The van der Waals surface area contributed by atoms with Gasteiger partial charge in [-0.15, -0.1) is 0 Å². The highest BCUT2D eigenvalue weighted by molar-refractivity contribution is 6.33. The lowest BCUT2D eigenvalue weighted by molar-refractivity contribution is 0.102. The number of aromatic nitrogens is 2. The van der Waals surface area contributed by atoms with Crippen LogP contribution in [0.3, 0.4) is 0 Å². The fourth-order valence-corrected chi connectivity index (χ4v) is 2.52. The molecule has 0 aliphatic rings. The van der Waals surface area contributed by atoms with E-state index in [1.165, 1.54) is 18.0 Å². The largest absolute Gasteiger partial charge is 0.324 e. The first-order valence-corrected chi connectivity index (χ1v) is 8.28. The molecule has 3 aromatic rings. The van der Waals surface area contributed by atoms with Crippen LogP contribution in [-0.2, 0) is 6.42 Å². The molecule has 0 bridgehead atoms. The lowest BCUT2D eigenvalue weighted by Crippen LogP contribution is -2.13. The highest BCUT2D eigenvalue weighted by atomic mass is 35.5. The van der Waals surface area contributed by atoms with Crippen LogP contribution < -0.4 is 10.6 Å². The Morgan fingerprint density at radius 3 is 2.32 bits per heavy atom. The lowest BCUT2D eigenvalue weighted by atomic mass is 10.1. The van der Waals surface area contributed by atoms with Crippen molar-refractivity contribution in [1.29, 1.82) is 0 Å². The van der Waals surface area contributed by atoms with Crippen molar-refractivity contribution in [1.82, 2.24) is 9.97 Å². The molecule has 0 saturated heterocycles. The van der Waals surface area contributed by atoms with Crippen LogP contribution in [0.1, 0.15) is 22.8 Å². The third kappa shape index (κ3) is 4.14. The molecule has 126 valence electrons. The van der Waals surface area contributed by atoms with Crippen molar-refractivity contribution in [2.24, 2.45) is 0 Å². The molecule has 2 N–H and O–H groups in total. The monoisotopic (exact) mass is 352 g/mol. The van der Waals surface area contributed by atoms with E-state index in [-0.39, 0.29) is 5.91 Å². The molecule has 1 heterocycles. The first-order chi connectivity index (χ1) is 12.2. The number of benzene rings is 2. The summed E-state index contributed by atoms with van der Waals surface area (Å²) in [5.41, 5.74) is 3.03. The van der Waals surface area contributed by atoms with E-state index in [4.69, 9.17) is 11.6 Å². The minimum atomic E-state index is -0.311. The number of hydrogen-bond acceptors (Lipinski definition) is 4. The van der Waals surface area contributed by atoms with E-state index in [2.05, 4.69) is 27.5 Å². The molecule has 0 atom stereocenters. The summed E-state index contributed by atoms with van der Waals surface area (Å²) in [5, 5.41) is 6.39. The number of hydrogen-bond donors (Lipinski definition) is 2. The molecular weight excluding hydrogens is 336 g/mol. The molecule has 0 unspecified atom stereocenters. The van der Waals surface area contributed by atoms with Gasteiger partial charge < -0.3 is 10.6 Å². The molecule has 25 heavy (non-hydrogen) atoms. The van der Waals surface area contributed by atoms with Gasteiger partial charge in [-0.25, -0.2) is 9.97 Å². The van der Waals surface area contributed by atoms with Crippen LogP contribution >= 0.6 is 11.6 Å². The van der Waals surface area contributed by atoms with Crippen LogP contribution in [0, 0.1) is 0 Å². The predicted molar refractivity (Wildman–Crippen MR) is 101 cm³/mol. The molecule has 5 nitrogen and oxygen atoms in total. The van der Waals surface area contributed by atoms with E-state index in [1.807, 2.05) is 24.3 Å². The van der Waals surface area contributed by atoms with Crippen molar-refractivity contribution in [3.8, 4) is 0 Å². The van der Waals surface area contributed by atoms with Crippen molar-refractivity contribution < 1.29 is 4.79 Å². The SMILES string of the molecule is CCc1ccccc1Nc1ncc(C(=O)Nc2ccccc2Cl)cn1. The van der Waals surface area contributed by atoms with Crippen LogP contribution in [-0.4, -0.2) is 15.9 Å². The maximum Gasteiger partial charge on any atom is 0.258 e. The summed E-state index contributed by atoms with van der Waals surface area (Å²) in [6, 6.07) is 15.0. The molecular formula is C19H17ClN4O. The second-order valence-corrected chi connectivity index (χ2v) is 5.77. The number of anilines is 3. The van der Waals surface area contributed by atoms with E-state index < -0.39 is 0 Å². The van der Waals surface area contributed by atoms with Gasteiger partial charge in [0.25, 0.3) is 5.91 Å². The quantitative estimate of drug-likeness (QED) is 0.699. The Hall–Kier alpha value is -2.92. The number of para-hydroxylation sites is 2. The van der Waals surface area contributed by atoms with Gasteiger partial charge in [-0.1, -0.05) is 48.9 Å². The van der Waals surface area contributed by atoms with E-state index in [9.17, 15) is 4.79 Å². The Labute approximate surface area is 151 Å². The molecule has 1 amide bonds. The third-order valence-electron chi connectivity index (χ3n) is 3.68. The maximum atomic E-state index is 12.3. The van der Waals surface area contributed by atoms with Gasteiger partial charge in [0.2, 0.25) is 5.95 Å². The summed E-state index contributed by atoms with van der Waals surface area (Å²) < 4.78 is 0. The molecule has 0 aliphatic carbocycles. The van der Waals surface area contributed by atoms with Gasteiger partial charge in [0.1, 0.15) is 0 Å². The second kappa shape index (κ2) is 7.77. The Bertz CT molecular complexity index is 881. The lowest BCUT2D eigenvalue weighted by Gasteiger charge is -2.10. The first kappa shape index (κ1) is 16.9. The van der Waals surface area contributed by atoms with Crippen molar-refractivity contribution in [3.05, 3.63) is 77.1 Å². The molecule has 6 heteroatoms. The van der Waals surface area contributed by atoms with Gasteiger partial charge in [-0.05, 0) is 30.2 Å². The van der Waals surface area contributed by atoms with Crippen LogP contribution in [0.15, 0.2) is 60.9 Å². The summed E-state index contributed by atoms with van der Waals surface area (Å²) in [6.45, 7) is 2.09. The molecule has 0 radical (unpaired) electrons. The van der Waals surface area contributed by atoms with Crippen LogP contribution in [0.5, 0.6) is 0 Å². The van der Waals surface area contributed by atoms with E-state index in [1.54, 1.807) is 24.3 Å². The van der Waals surface area contributed by atoms with Gasteiger partial charge in [0.15, 0.2) is 0 Å². The van der Waals surface area contributed by atoms with Crippen molar-refractivity contribution >= 4 is 34.8 Å². The number of amides is 1. The molecule has 0 aliphatic heterocycles. The first-order valence-electron chi connectivity index (χ1n) is 7.90. The van der Waals surface area contributed by atoms with Gasteiger partial charge in [-0.2, -0.15) is 0 Å². The Balaban J connectivity index is 1.72. The zero-order chi connectivity index (χ0) is 17.6. The smallest absolute Gasteiger partial charge is 0.258 e. The highest BCUT2D eigenvalue weighted by Crippen LogP contribution is 2.21. The maximum absolute atomic E-state index is 12.3. The Morgan fingerprint density at radius 1 is 1.00 bits per heavy atom. The van der Waals surface area contributed by atoms with Crippen LogP contribution in [0.4, 0.5) is 17.3 Å². The third-order valence-corrected chi connectivity index (χ3v) is 4.01. The summed E-state index contributed by atoms with van der Waals surface area (Å²) in [4.78, 5) is 20.7. The van der Waals surface area contributed by atoms with Gasteiger partial charge >= 0.3 is 0 Å². The minimum absolute atomic E-state index is 0.311. The van der Waals surface area contributed by atoms with Gasteiger partial charge in [0.05, 0.1) is 16.3 Å². The summed E-state index contributed by atoms with van der Waals surface area (Å²) in [7, 11) is 0. The number of nitrogens with zero attached hydrogens (tertiary/aromatic N) is 2.